The van der Waals surface area contributed by atoms with Crippen molar-refractivity contribution in [2.75, 3.05) is 11.9 Å². The van der Waals surface area contributed by atoms with Crippen molar-refractivity contribution in [3.8, 4) is 0 Å². The highest BCUT2D eigenvalue weighted by Crippen LogP contribution is 2.57. The highest BCUT2D eigenvalue weighted by atomic mass is 79.9. The summed E-state index contributed by atoms with van der Waals surface area (Å²) < 4.78 is 33.2. The maximum absolute atomic E-state index is 14.1. The molecule has 0 unspecified atom stereocenters. The van der Waals surface area contributed by atoms with Crippen LogP contribution < -0.4 is 5.32 Å². The van der Waals surface area contributed by atoms with Crippen LogP contribution in [-0.2, 0) is 11.1 Å². The third-order valence-corrected chi connectivity index (χ3v) is 7.01. The second kappa shape index (κ2) is 6.54. The zero-order valence-electron chi connectivity index (χ0n) is 15.6. The van der Waals surface area contributed by atoms with Gasteiger partial charge in [0.25, 0.3) is 5.89 Å². The SMILES string of the molecule is CC(C)(F)c1nc(C23CCC(CNc4ccc(F)c(Br)c4)(CC2)CC3)no1. The van der Waals surface area contributed by atoms with Gasteiger partial charge >= 0.3 is 0 Å². The van der Waals surface area contributed by atoms with E-state index in [0.29, 0.717) is 10.3 Å². The number of benzene rings is 1. The van der Waals surface area contributed by atoms with Crippen molar-refractivity contribution in [3.63, 3.8) is 0 Å². The fraction of sp³-hybridized carbons (Fsp3) is 0.600. The molecule has 1 aromatic carbocycles. The normalized spacial score (nSPS) is 27.7. The molecule has 2 aromatic rings. The van der Waals surface area contributed by atoms with Gasteiger partial charge in [0.1, 0.15) is 5.82 Å². The molecule has 1 aromatic heterocycles. The standard InChI is InChI=1S/C20H24BrF2N3O/c1-18(2,23)17-25-16(26-27-17)20-8-5-19(6-9-20,7-10-20)12-24-13-3-4-15(22)14(21)11-13/h3-4,11,24H,5-10,12H2,1-2H3. The van der Waals surface area contributed by atoms with Gasteiger partial charge < -0.3 is 9.84 Å². The van der Waals surface area contributed by atoms with Gasteiger partial charge in [-0.3, -0.25) is 0 Å². The van der Waals surface area contributed by atoms with Crippen LogP contribution in [0.4, 0.5) is 14.5 Å². The summed E-state index contributed by atoms with van der Waals surface area (Å²) in [6.45, 7) is 3.75. The van der Waals surface area contributed by atoms with E-state index in [-0.39, 0.29) is 22.5 Å². The van der Waals surface area contributed by atoms with E-state index in [0.717, 1.165) is 50.8 Å². The van der Waals surface area contributed by atoms with Crippen LogP contribution in [0.3, 0.4) is 0 Å². The van der Waals surface area contributed by atoms with E-state index >= 15 is 0 Å². The lowest BCUT2D eigenvalue weighted by Crippen LogP contribution is -2.47. The van der Waals surface area contributed by atoms with Crippen LogP contribution in [-0.4, -0.2) is 16.7 Å². The Bertz CT molecular complexity index is 821. The summed E-state index contributed by atoms with van der Waals surface area (Å²) in [5, 5.41) is 7.60. The van der Waals surface area contributed by atoms with Crippen molar-refractivity contribution in [1.82, 2.24) is 10.1 Å². The first-order valence-corrected chi connectivity index (χ1v) is 10.2. The lowest BCUT2D eigenvalue weighted by atomic mass is 9.53. The first-order valence-electron chi connectivity index (χ1n) is 9.44. The minimum absolute atomic E-state index is 0.0674. The lowest BCUT2D eigenvalue weighted by molar-refractivity contribution is 0.0445. The number of nitrogens with zero attached hydrogens (tertiary/aromatic N) is 2. The van der Waals surface area contributed by atoms with E-state index in [9.17, 15) is 8.78 Å². The molecule has 3 aliphatic rings. The van der Waals surface area contributed by atoms with Crippen LogP contribution >= 0.6 is 15.9 Å². The summed E-state index contributed by atoms with van der Waals surface area (Å²) in [7, 11) is 0. The Labute approximate surface area is 166 Å². The average molecular weight is 440 g/mol. The maximum Gasteiger partial charge on any atom is 0.263 e. The fourth-order valence-electron chi connectivity index (χ4n) is 4.44. The van der Waals surface area contributed by atoms with E-state index in [1.165, 1.54) is 19.9 Å². The van der Waals surface area contributed by atoms with Crippen LogP contribution in [0.2, 0.25) is 0 Å². The molecule has 3 saturated carbocycles. The van der Waals surface area contributed by atoms with Crippen LogP contribution in [0.25, 0.3) is 0 Å². The zero-order chi connectivity index (χ0) is 19.3. The van der Waals surface area contributed by atoms with Gasteiger partial charge in [-0.2, -0.15) is 4.98 Å². The van der Waals surface area contributed by atoms with Crippen LogP contribution in [0.5, 0.6) is 0 Å². The van der Waals surface area contributed by atoms with Gasteiger partial charge in [-0.25, -0.2) is 8.78 Å². The maximum atomic E-state index is 14.1. The Kier molecular flexibility index (Phi) is 4.56. The molecule has 3 aliphatic carbocycles. The zero-order valence-corrected chi connectivity index (χ0v) is 17.2. The van der Waals surface area contributed by atoms with Crippen molar-refractivity contribution in [2.45, 2.75) is 63.5 Å². The number of hydrogen-bond acceptors (Lipinski definition) is 4. The molecule has 0 saturated heterocycles. The van der Waals surface area contributed by atoms with Crippen molar-refractivity contribution in [1.29, 1.82) is 0 Å². The summed E-state index contributed by atoms with van der Waals surface area (Å²) in [4.78, 5) is 4.40. The van der Waals surface area contributed by atoms with Crippen molar-refractivity contribution >= 4 is 21.6 Å². The van der Waals surface area contributed by atoms with E-state index in [1.807, 2.05) is 0 Å². The second-order valence-corrected chi connectivity index (χ2v) is 9.51. The molecular weight excluding hydrogens is 416 g/mol. The van der Waals surface area contributed by atoms with Gasteiger partial charge in [-0.1, -0.05) is 5.16 Å². The van der Waals surface area contributed by atoms with E-state index < -0.39 is 5.67 Å². The first kappa shape index (κ1) is 18.8. The van der Waals surface area contributed by atoms with Crippen molar-refractivity contribution in [3.05, 3.63) is 40.2 Å². The molecule has 27 heavy (non-hydrogen) atoms. The minimum atomic E-state index is -1.61. The number of rotatable bonds is 5. The highest BCUT2D eigenvalue weighted by Gasteiger charge is 2.51. The molecule has 1 heterocycles. The Morgan fingerprint density at radius 1 is 1.19 bits per heavy atom. The van der Waals surface area contributed by atoms with Crippen molar-refractivity contribution < 1.29 is 13.3 Å². The van der Waals surface area contributed by atoms with Crippen LogP contribution in [0.1, 0.15) is 64.1 Å². The molecule has 146 valence electrons. The molecular formula is C20H24BrF2N3O. The minimum Gasteiger partial charge on any atom is -0.384 e. The monoisotopic (exact) mass is 439 g/mol. The lowest BCUT2D eigenvalue weighted by Gasteiger charge is -2.52. The van der Waals surface area contributed by atoms with E-state index in [4.69, 9.17) is 4.52 Å². The molecule has 0 radical (unpaired) electrons. The number of alkyl halides is 1. The number of nitrogens with one attached hydrogen (secondary N) is 1. The third kappa shape index (κ3) is 3.50. The smallest absolute Gasteiger partial charge is 0.263 e. The molecule has 0 spiro atoms. The van der Waals surface area contributed by atoms with Gasteiger partial charge in [0.15, 0.2) is 11.5 Å². The van der Waals surface area contributed by atoms with Crippen LogP contribution in [0, 0.1) is 11.2 Å². The second-order valence-electron chi connectivity index (χ2n) is 8.66. The molecule has 4 nitrogen and oxygen atoms in total. The fourth-order valence-corrected chi connectivity index (χ4v) is 4.82. The predicted octanol–water partition coefficient (Wildman–Crippen LogP) is 5.88. The van der Waals surface area contributed by atoms with Gasteiger partial charge in [0, 0.05) is 17.6 Å². The van der Waals surface area contributed by atoms with Crippen LogP contribution in [0.15, 0.2) is 27.2 Å². The number of halogens is 3. The first-order chi connectivity index (χ1) is 12.7. The number of fused-ring (bicyclic) bond motifs is 3. The summed E-state index contributed by atoms with van der Waals surface area (Å²) in [5.74, 6) is 0.486. The van der Waals surface area contributed by atoms with Gasteiger partial charge in [0.2, 0.25) is 0 Å². The van der Waals surface area contributed by atoms with Gasteiger partial charge in [0.05, 0.1) is 4.47 Å². The molecule has 7 heteroatoms. The largest absolute Gasteiger partial charge is 0.384 e. The molecule has 3 fully saturated rings. The molecule has 0 amide bonds. The number of anilines is 1. The van der Waals surface area contributed by atoms with E-state index in [2.05, 4.69) is 31.4 Å². The molecule has 0 atom stereocenters. The number of aromatic nitrogens is 2. The Balaban J connectivity index is 1.43. The van der Waals surface area contributed by atoms with Gasteiger partial charge in [-0.15, -0.1) is 0 Å². The molecule has 2 bridgehead atoms. The summed E-state index contributed by atoms with van der Waals surface area (Å²) >= 11 is 3.23. The van der Waals surface area contributed by atoms with E-state index in [1.54, 1.807) is 12.1 Å². The van der Waals surface area contributed by atoms with Crippen molar-refractivity contribution in [2.24, 2.45) is 5.41 Å². The topological polar surface area (TPSA) is 51.0 Å². The Hall–Kier alpha value is -1.50. The molecule has 0 aliphatic heterocycles. The summed E-state index contributed by atoms with van der Waals surface area (Å²) in [5.41, 5.74) is -0.516. The Morgan fingerprint density at radius 3 is 2.41 bits per heavy atom. The average Bonchev–Trinajstić information content (AvgIpc) is 3.16. The Morgan fingerprint density at radius 2 is 1.85 bits per heavy atom. The third-order valence-electron chi connectivity index (χ3n) is 6.40. The summed E-state index contributed by atoms with van der Waals surface area (Å²) in [6, 6.07) is 5.02. The quantitative estimate of drug-likeness (QED) is 0.631. The summed E-state index contributed by atoms with van der Waals surface area (Å²) in [6.07, 6.45) is 6.20. The molecule has 5 rings (SSSR count). The predicted molar refractivity (Wildman–Crippen MR) is 103 cm³/mol. The highest BCUT2D eigenvalue weighted by molar-refractivity contribution is 9.10. The van der Waals surface area contributed by atoms with Gasteiger partial charge in [-0.05, 0) is 91.9 Å². The number of hydrogen-bond donors (Lipinski definition) is 1. The molecule has 1 N–H and O–H groups in total.